The van der Waals surface area contributed by atoms with E-state index in [0.29, 0.717) is 18.7 Å². The zero-order valence-electron chi connectivity index (χ0n) is 15.1. The van der Waals surface area contributed by atoms with Gasteiger partial charge in [-0.25, -0.2) is 0 Å². The number of carboxylic acids is 1. The fourth-order valence-electron chi connectivity index (χ4n) is 3.18. The first-order valence-electron chi connectivity index (χ1n) is 8.80. The fraction of sp³-hybridized carbons (Fsp3) is 0.350. The van der Waals surface area contributed by atoms with Gasteiger partial charge >= 0.3 is 5.97 Å². The van der Waals surface area contributed by atoms with Crippen molar-refractivity contribution < 1.29 is 24.2 Å². The van der Waals surface area contributed by atoms with Gasteiger partial charge in [-0.3, -0.25) is 14.6 Å². The number of benzene rings is 1. The van der Waals surface area contributed by atoms with Gasteiger partial charge in [-0.05, 0) is 48.2 Å². The molecule has 0 fully saturated rings. The number of nitrogens with one attached hydrogen (secondary N) is 1. The Morgan fingerprint density at radius 1 is 1.22 bits per heavy atom. The molecule has 0 aliphatic carbocycles. The number of aryl methyl sites for hydroxylation is 1. The van der Waals surface area contributed by atoms with Crippen molar-refractivity contribution in [3.05, 3.63) is 53.3 Å². The third-order valence-electron chi connectivity index (χ3n) is 4.53. The molecule has 142 valence electrons. The molecule has 2 heterocycles. The van der Waals surface area contributed by atoms with Crippen LogP contribution in [0, 0.1) is 6.92 Å². The van der Waals surface area contributed by atoms with Gasteiger partial charge in [0.05, 0.1) is 6.42 Å². The van der Waals surface area contributed by atoms with Gasteiger partial charge in [-0.1, -0.05) is 6.07 Å². The zero-order chi connectivity index (χ0) is 19.2. The van der Waals surface area contributed by atoms with E-state index in [1.807, 2.05) is 25.1 Å². The standard InChI is InChI=1S/C20H22N2O5/c1-13-11-21-6-5-16(13)15(10-20(24)25)9-19(23)22-7-4-14-2-3-17-18(8-14)27-12-26-17/h2-3,5-6,8,11,15H,4,7,9-10,12H2,1H3,(H,22,23)(H,24,25). The Morgan fingerprint density at radius 2 is 2.04 bits per heavy atom. The molecule has 0 spiro atoms. The minimum Gasteiger partial charge on any atom is -0.481 e. The molecule has 1 aromatic heterocycles. The molecule has 7 nitrogen and oxygen atoms in total. The maximum absolute atomic E-state index is 12.3. The van der Waals surface area contributed by atoms with Gasteiger partial charge in [-0.15, -0.1) is 0 Å². The predicted molar refractivity (Wildman–Crippen MR) is 97.9 cm³/mol. The first kappa shape index (κ1) is 18.7. The molecule has 1 unspecified atom stereocenters. The van der Waals surface area contributed by atoms with Gasteiger partial charge < -0.3 is 19.9 Å². The van der Waals surface area contributed by atoms with Crippen LogP contribution in [0.2, 0.25) is 0 Å². The lowest BCUT2D eigenvalue weighted by Gasteiger charge is -2.17. The highest BCUT2D eigenvalue weighted by Crippen LogP contribution is 2.32. The van der Waals surface area contributed by atoms with Crippen LogP contribution in [0.15, 0.2) is 36.7 Å². The number of carbonyl (C=O) groups excluding carboxylic acids is 1. The van der Waals surface area contributed by atoms with Crippen molar-refractivity contribution in [1.82, 2.24) is 10.3 Å². The monoisotopic (exact) mass is 370 g/mol. The van der Waals surface area contributed by atoms with Gasteiger partial charge in [0.1, 0.15) is 0 Å². The van der Waals surface area contributed by atoms with Gasteiger partial charge in [0, 0.05) is 31.3 Å². The number of ether oxygens (including phenoxy) is 2. The zero-order valence-corrected chi connectivity index (χ0v) is 15.1. The molecular weight excluding hydrogens is 348 g/mol. The van der Waals surface area contributed by atoms with E-state index < -0.39 is 5.97 Å². The van der Waals surface area contributed by atoms with Gasteiger partial charge in [0.25, 0.3) is 0 Å². The van der Waals surface area contributed by atoms with E-state index in [9.17, 15) is 14.7 Å². The lowest BCUT2D eigenvalue weighted by atomic mass is 9.90. The summed E-state index contributed by atoms with van der Waals surface area (Å²) >= 11 is 0. The number of nitrogens with zero attached hydrogens (tertiary/aromatic N) is 1. The van der Waals surface area contributed by atoms with Crippen LogP contribution >= 0.6 is 0 Å². The summed E-state index contributed by atoms with van der Waals surface area (Å²) < 4.78 is 10.6. The topological polar surface area (TPSA) is 97.8 Å². The Balaban J connectivity index is 1.55. The van der Waals surface area contributed by atoms with Crippen molar-refractivity contribution in [3.63, 3.8) is 0 Å². The molecule has 1 atom stereocenters. The Morgan fingerprint density at radius 3 is 2.81 bits per heavy atom. The molecule has 1 aromatic carbocycles. The van der Waals surface area contributed by atoms with Crippen LogP contribution in [0.3, 0.4) is 0 Å². The van der Waals surface area contributed by atoms with E-state index in [-0.39, 0.29) is 31.5 Å². The average Bonchev–Trinajstić information content (AvgIpc) is 3.09. The molecule has 0 bridgehead atoms. The van der Waals surface area contributed by atoms with Crippen molar-refractivity contribution >= 4 is 11.9 Å². The van der Waals surface area contributed by atoms with Crippen LogP contribution in [0.4, 0.5) is 0 Å². The van der Waals surface area contributed by atoms with Gasteiger partial charge in [0.2, 0.25) is 12.7 Å². The van der Waals surface area contributed by atoms with Crippen LogP contribution in [0.1, 0.15) is 35.4 Å². The summed E-state index contributed by atoms with van der Waals surface area (Å²) in [5, 5.41) is 12.1. The normalized spacial score (nSPS) is 13.2. The highest BCUT2D eigenvalue weighted by atomic mass is 16.7. The Bertz CT molecular complexity index is 837. The molecule has 1 aliphatic heterocycles. The molecule has 0 saturated carbocycles. The molecule has 0 saturated heterocycles. The van der Waals surface area contributed by atoms with E-state index in [1.54, 1.807) is 18.5 Å². The largest absolute Gasteiger partial charge is 0.481 e. The summed E-state index contributed by atoms with van der Waals surface area (Å²) in [6.45, 7) is 2.57. The van der Waals surface area contributed by atoms with E-state index in [1.165, 1.54) is 0 Å². The molecule has 1 aliphatic rings. The quantitative estimate of drug-likeness (QED) is 0.741. The SMILES string of the molecule is Cc1cnccc1C(CC(=O)O)CC(=O)NCCc1ccc2c(c1)OCO2. The summed E-state index contributed by atoms with van der Waals surface area (Å²) in [6, 6.07) is 7.48. The Labute approximate surface area is 157 Å². The second-order valence-corrected chi connectivity index (χ2v) is 6.52. The molecule has 7 heteroatoms. The average molecular weight is 370 g/mol. The van der Waals surface area contributed by atoms with Gasteiger partial charge in [0.15, 0.2) is 11.5 Å². The van der Waals surface area contributed by atoms with Crippen molar-refractivity contribution in [3.8, 4) is 11.5 Å². The molecule has 3 rings (SSSR count). The third kappa shape index (κ3) is 4.97. The molecule has 27 heavy (non-hydrogen) atoms. The van der Waals surface area contributed by atoms with Crippen molar-refractivity contribution in [1.29, 1.82) is 0 Å². The summed E-state index contributed by atoms with van der Waals surface area (Å²) in [5.74, 6) is -0.0286. The smallest absolute Gasteiger partial charge is 0.303 e. The Hall–Kier alpha value is -3.09. The van der Waals surface area contributed by atoms with Crippen LogP contribution in [0.5, 0.6) is 11.5 Å². The number of carbonyl (C=O) groups is 2. The predicted octanol–water partition coefficient (Wildman–Crippen LogP) is 2.43. The molecule has 2 aromatic rings. The summed E-state index contributed by atoms with van der Waals surface area (Å²) in [7, 11) is 0. The van der Waals surface area contributed by atoms with E-state index in [2.05, 4.69) is 10.3 Å². The fourth-order valence-corrected chi connectivity index (χ4v) is 3.18. The highest BCUT2D eigenvalue weighted by molar-refractivity contribution is 5.78. The maximum atomic E-state index is 12.3. The molecule has 1 amide bonds. The van der Waals surface area contributed by atoms with Crippen molar-refractivity contribution in [2.24, 2.45) is 0 Å². The third-order valence-corrected chi connectivity index (χ3v) is 4.53. The van der Waals surface area contributed by atoms with Crippen LogP contribution in [0.25, 0.3) is 0 Å². The number of aliphatic carboxylic acids is 1. The van der Waals surface area contributed by atoms with Crippen LogP contribution in [-0.4, -0.2) is 35.3 Å². The second-order valence-electron chi connectivity index (χ2n) is 6.52. The molecule has 2 N–H and O–H groups in total. The highest BCUT2D eigenvalue weighted by Gasteiger charge is 2.21. The molecular formula is C20H22N2O5. The summed E-state index contributed by atoms with van der Waals surface area (Å²) in [4.78, 5) is 27.6. The second kappa shape index (κ2) is 8.53. The molecule has 0 radical (unpaired) electrons. The first-order valence-corrected chi connectivity index (χ1v) is 8.80. The lowest BCUT2D eigenvalue weighted by Crippen LogP contribution is -2.28. The van der Waals surface area contributed by atoms with Crippen molar-refractivity contribution in [2.45, 2.75) is 32.1 Å². The number of aromatic nitrogens is 1. The lowest BCUT2D eigenvalue weighted by molar-refractivity contribution is -0.137. The summed E-state index contributed by atoms with van der Waals surface area (Å²) in [5.41, 5.74) is 2.77. The number of carboxylic acid groups (broad SMARTS) is 1. The van der Waals surface area contributed by atoms with E-state index in [0.717, 1.165) is 22.4 Å². The minimum atomic E-state index is -0.927. The van der Waals surface area contributed by atoms with Crippen molar-refractivity contribution in [2.75, 3.05) is 13.3 Å². The number of hydrogen-bond acceptors (Lipinski definition) is 5. The number of rotatable bonds is 8. The maximum Gasteiger partial charge on any atom is 0.303 e. The first-order chi connectivity index (χ1) is 13.0. The van der Waals surface area contributed by atoms with Crippen LogP contribution in [-0.2, 0) is 16.0 Å². The number of amides is 1. The van der Waals surface area contributed by atoms with E-state index in [4.69, 9.17) is 9.47 Å². The minimum absolute atomic E-state index is 0.0968. The van der Waals surface area contributed by atoms with Gasteiger partial charge in [-0.2, -0.15) is 0 Å². The Kier molecular flexibility index (Phi) is 5.90. The van der Waals surface area contributed by atoms with Crippen LogP contribution < -0.4 is 14.8 Å². The van der Waals surface area contributed by atoms with E-state index >= 15 is 0 Å². The number of fused-ring (bicyclic) bond motifs is 1. The number of pyridine rings is 1. The summed E-state index contributed by atoms with van der Waals surface area (Å²) in [6.07, 6.45) is 3.98. The number of hydrogen-bond donors (Lipinski definition) is 2.